The molecule has 1 N–H and O–H groups in total. The van der Waals surface area contributed by atoms with E-state index in [1.54, 1.807) is 17.7 Å². The molecule has 2 fully saturated rings. The summed E-state index contributed by atoms with van der Waals surface area (Å²) in [5.41, 5.74) is 0.0299. The van der Waals surface area contributed by atoms with Gasteiger partial charge in [-0.2, -0.15) is 0 Å². The Morgan fingerprint density at radius 2 is 1.92 bits per heavy atom. The van der Waals surface area contributed by atoms with Crippen molar-refractivity contribution in [1.29, 1.82) is 0 Å². The van der Waals surface area contributed by atoms with Crippen LogP contribution in [-0.4, -0.2) is 52.8 Å². The molecule has 1 aromatic heterocycles. The molecule has 0 spiro atoms. The summed E-state index contributed by atoms with van der Waals surface area (Å²) >= 11 is 0. The van der Waals surface area contributed by atoms with E-state index in [9.17, 15) is 19.1 Å². The summed E-state index contributed by atoms with van der Waals surface area (Å²) in [5, 5.41) is 9.27. The number of nitrogens with zero attached hydrogens (tertiary/aromatic N) is 3. The molecule has 0 aliphatic carbocycles. The normalized spacial score (nSPS) is 23.4. The quantitative estimate of drug-likeness (QED) is 0.889. The fourth-order valence-corrected chi connectivity index (χ4v) is 4.41. The Balaban J connectivity index is 1.81. The Hall–Kier alpha value is -2.41. The molecule has 1 aromatic carbocycles. The van der Waals surface area contributed by atoms with Gasteiger partial charge in [-0.25, -0.2) is 9.18 Å². The monoisotopic (exact) mass is 359 g/mol. The third-order valence-electron chi connectivity index (χ3n) is 5.98. The average Bonchev–Trinajstić information content (AvgIpc) is 2.83. The number of hydrogen-bond donors (Lipinski definition) is 1. The lowest BCUT2D eigenvalue weighted by molar-refractivity contribution is 0.0695. The molecule has 4 rings (SSSR count). The number of rotatable bonds is 2. The number of likely N-dealkylation sites (N-methyl/N-ethyl adjacent to an activating group) is 1. The van der Waals surface area contributed by atoms with Gasteiger partial charge in [0.1, 0.15) is 11.4 Å². The van der Waals surface area contributed by atoms with E-state index in [1.807, 2.05) is 0 Å². The van der Waals surface area contributed by atoms with Gasteiger partial charge in [0.05, 0.1) is 11.2 Å². The number of aromatic carboxylic acids is 1. The molecule has 2 aliphatic rings. The first-order chi connectivity index (χ1) is 12.4. The molecule has 26 heavy (non-hydrogen) atoms. The molecular formula is C19H22FN3O3. The van der Waals surface area contributed by atoms with Crippen LogP contribution in [0, 0.1) is 5.82 Å². The van der Waals surface area contributed by atoms with Gasteiger partial charge in [0, 0.05) is 43.8 Å². The van der Waals surface area contributed by atoms with Crippen molar-refractivity contribution < 1.29 is 14.3 Å². The van der Waals surface area contributed by atoms with Crippen LogP contribution >= 0.6 is 0 Å². The fourth-order valence-electron chi connectivity index (χ4n) is 4.41. The van der Waals surface area contributed by atoms with Crippen LogP contribution in [0.4, 0.5) is 10.1 Å². The van der Waals surface area contributed by atoms with Gasteiger partial charge in [0.15, 0.2) is 0 Å². The summed E-state index contributed by atoms with van der Waals surface area (Å²) in [5.74, 6) is -1.78. The summed E-state index contributed by atoms with van der Waals surface area (Å²) in [4.78, 5) is 28.1. The highest BCUT2D eigenvalue weighted by Gasteiger charge is 2.35. The second-order valence-corrected chi connectivity index (χ2v) is 7.39. The number of aryl methyl sites for hydroxylation is 1. The lowest BCUT2D eigenvalue weighted by Crippen LogP contribution is -2.37. The SMILES string of the molecule is CN1[C@@H]2CC[C@H]1CN(c1cc3c(cc1F)c(=O)c(C(=O)O)cn3C)CC2. The first-order valence-electron chi connectivity index (χ1n) is 8.90. The zero-order valence-electron chi connectivity index (χ0n) is 14.9. The van der Waals surface area contributed by atoms with E-state index in [-0.39, 0.29) is 10.9 Å². The second kappa shape index (κ2) is 6.09. The van der Waals surface area contributed by atoms with E-state index in [4.69, 9.17) is 0 Å². The molecule has 6 nitrogen and oxygen atoms in total. The van der Waals surface area contributed by atoms with Crippen LogP contribution in [0.5, 0.6) is 0 Å². The van der Waals surface area contributed by atoms with Gasteiger partial charge in [-0.1, -0.05) is 0 Å². The molecule has 2 saturated heterocycles. The van der Waals surface area contributed by atoms with Crippen LogP contribution in [0.2, 0.25) is 0 Å². The molecule has 7 heteroatoms. The lowest BCUT2D eigenvalue weighted by atomic mass is 10.1. The van der Waals surface area contributed by atoms with Crippen molar-refractivity contribution >= 4 is 22.6 Å². The Kier molecular flexibility index (Phi) is 3.99. The maximum absolute atomic E-state index is 14.9. The number of carboxylic acid groups (broad SMARTS) is 1. The van der Waals surface area contributed by atoms with Crippen molar-refractivity contribution in [3.05, 3.63) is 39.9 Å². The molecular weight excluding hydrogens is 337 g/mol. The molecule has 3 heterocycles. The van der Waals surface area contributed by atoms with Crippen molar-refractivity contribution in [3.63, 3.8) is 0 Å². The summed E-state index contributed by atoms with van der Waals surface area (Å²) in [6.07, 6.45) is 4.60. The van der Waals surface area contributed by atoms with Crippen molar-refractivity contribution in [3.8, 4) is 0 Å². The zero-order chi connectivity index (χ0) is 18.6. The summed E-state index contributed by atoms with van der Waals surface area (Å²) in [7, 11) is 3.81. The van der Waals surface area contributed by atoms with Gasteiger partial charge >= 0.3 is 5.97 Å². The molecule has 2 aromatic rings. The number of aromatic nitrogens is 1. The Labute approximate surface area is 150 Å². The Morgan fingerprint density at radius 3 is 2.65 bits per heavy atom. The summed E-state index contributed by atoms with van der Waals surface area (Å²) < 4.78 is 16.5. The van der Waals surface area contributed by atoms with Gasteiger partial charge in [-0.05, 0) is 38.4 Å². The van der Waals surface area contributed by atoms with Crippen LogP contribution < -0.4 is 10.3 Å². The van der Waals surface area contributed by atoms with Crippen molar-refractivity contribution in [2.24, 2.45) is 7.05 Å². The van der Waals surface area contributed by atoms with E-state index >= 15 is 0 Å². The van der Waals surface area contributed by atoms with E-state index in [1.165, 1.54) is 18.7 Å². The smallest absolute Gasteiger partial charge is 0.341 e. The number of hydrogen-bond acceptors (Lipinski definition) is 4. The molecule has 0 unspecified atom stereocenters. The van der Waals surface area contributed by atoms with Crippen LogP contribution in [-0.2, 0) is 7.05 Å². The highest BCUT2D eigenvalue weighted by molar-refractivity contribution is 5.93. The minimum Gasteiger partial charge on any atom is -0.477 e. The number of benzene rings is 1. The van der Waals surface area contributed by atoms with Gasteiger partial charge in [-0.3, -0.25) is 9.69 Å². The van der Waals surface area contributed by atoms with Gasteiger partial charge < -0.3 is 14.6 Å². The van der Waals surface area contributed by atoms with Crippen LogP contribution in [0.15, 0.2) is 23.1 Å². The maximum atomic E-state index is 14.9. The zero-order valence-corrected chi connectivity index (χ0v) is 14.9. The molecule has 0 radical (unpaired) electrons. The third-order valence-corrected chi connectivity index (χ3v) is 5.98. The summed E-state index contributed by atoms with van der Waals surface area (Å²) in [6, 6.07) is 3.83. The van der Waals surface area contributed by atoms with Gasteiger partial charge in [-0.15, -0.1) is 0 Å². The lowest BCUT2D eigenvalue weighted by Gasteiger charge is -2.28. The van der Waals surface area contributed by atoms with Crippen LogP contribution in [0.25, 0.3) is 10.9 Å². The van der Waals surface area contributed by atoms with Crippen LogP contribution in [0.3, 0.4) is 0 Å². The van der Waals surface area contributed by atoms with Gasteiger partial charge in [0.2, 0.25) is 5.43 Å². The number of carbonyl (C=O) groups is 1. The van der Waals surface area contributed by atoms with E-state index in [2.05, 4.69) is 16.8 Å². The first-order valence-corrected chi connectivity index (χ1v) is 8.90. The van der Waals surface area contributed by atoms with Crippen molar-refractivity contribution in [2.45, 2.75) is 31.3 Å². The molecule has 2 aliphatic heterocycles. The highest BCUT2D eigenvalue weighted by atomic mass is 19.1. The van der Waals surface area contributed by atoms with Crippen LogP contribution in [0.1, 0.15) is 29.6 Å². The standard InChI is InChI=1S/C19H22FN3O3/c1-21-10-14(19(25)26)18(24)13-7-15(20)17(8-16(13)21)23-6-5-11-3-4-12(9-23)22(11)2/h7-8,10-12H,3-6,9H2,1-2H3,(H,25,26)/t11-,12+/m1/s1. The molecule has 0 saturated carbocycles. The Morgan fingerprint density at radius 1 is 1.19 bits per heavy atom. The molecule has 2 bridgehead atoms. The topological polar surface area (TPSA) is 65.8 Å². The predicted molar refractivity (Wildman–Crippen MR) is 97.5 cm³/mol. The minimum atomic E-state index is -1.30. The largest absolute Gasteiger partial charge is 0.477 e. The van der Waals surface area contributed by atoms with Crippen molar-refractivity contribution in [2.75, 3.05) is 25.0 Å². The van der Waals surface area contributed by atoms with E-state index in [0.29, 0.717) is 23.3 Å². The number of carboxylic acids is 1. The van der Waals surface area contributed by atoms with Gasteiger partial charge in [0.25, 0.3) is 0 Å². The molecule has 138 valence electrons. The van der Waals surface area contributed by atoms with E-state index in [0.717, 1.165) is 25.9 Å². The average molecular weight is 359 g/mol. The third kappa shape index (κ3) is 2.58. The number of anilines is 1. The van der Waals surface area contributed by atoms with E-state index < -0.39 is 17.2 Å². The first kappa shape index (κ1) is 17.0. The predicted octanol–water partition coefficient (Wildman–Crippen LogP) is 2.05. The Bertz CT molecular complexity index is 955. The summed E-state index contributed by atoms with van der Waals surface area (Å²) in [6.45, 7) is 1.53. The minimum absolute atomic E-state index is 0.0992. The number of pyridine rings is 1. The highest BCUT2D eigenvalue weighted by Crippen LogP contribution is 2.32. The molecule has 2 atom stereocenters. The maximum Gasteiger partial charge on any atom is 0.341 e. The van der Waals surface area contributed by atoms with Crippen molar-refractivity contribution in [1.82, 2.24) is 9.47 Å². The fraction of sp³-hybridized carbons (Fsp3) is 0.474. The second-order valence-electron chi connectivity index (χ2n) is 7.39. The number of halogens is 1. The number of fused-ring (bicyclic) bond motifs is 3. The molecule has 0 amide bonds.